The van der Waals surface area contributed by atoms with Crippen molar-refractivity contribution in [3.05, 3.63) is 72.6 Å². The molecular weight excluding hydrogens is 288 g/mol. The molecule has 0 unspecified atom stereocenters. The number of esters is 1. The molecule has 0 radical (unpaired) electrons. The lowest BCUT2D eigenvalue weighted by Gasteiger charge is -2.08. The van der Waals surface area contributed by atoms with Gasteiger partial charge < -0.3 is 4.74 Å². The van der Waals surface area contributed by atoms with Crippen LogP contribution in [-0.2, 0) is 4.74 Å². The Labute approximate surface area is 132 Å². The SMILES string of the molecule is COC(=O)c1cn(-c2nccc3ccccc23)c2ccccc12. The molecule has 0 aliphatic rings. The van der Waals surface area contributed by atoms with Crippen molar-refractivity contribution in [3.63, 3.8) is 0 Å². The van der Waals surface area contributed by atoms with Crippen molar-refractivity contribution in [1.82, 2.24) is 9.55 Å². The number of carbonyl (C=O) groups is 1. The highest BCUT2D eigenvalue weighted by atomic mass is 16.5. The Morgan fingerprint density at radius 2 is 1.74 bits per heavy atom. The van der Waals surface area contributed by atoms with E-state index in [1.54, 1.807) is 12.4 Å². The minimum Gasteiger partial charge on any atom is -0.465 e. The van der Waals surface area contributed by atoms with Crippen LogP contribution in [0.25, 0.3) is 27.5 Å². The number of hydrogen-bond acceptors (Lipinski definition) is 3. The lowest BCUT2D eigenvalue weighted by molar-refractivity contribution is 0.0603. The van der Waals surface area contributed by atoms with Crippen molar-refractivity contribution in [1.29, 1.82) is 0 Å². The van der Waals surface area contributed by atoms with Gasteiger partial charge in [-0.2, -0.15) is 0 Å². The van der Waals surface area contributed by atoms with Crippen LogP contribution in [0.5, 0.6) is 0 Å². The van der Waals surface area contributed by atoms with Crippen molar-refractivity contribution in [3.8, 4) is 5.82 Å². The van der Waals surface area contributed by atoms with E-state index in [1.807, 2.05) is 59.2 Å². The summed E-state index contributed by atoms with van der Waals surface area (Å²) >= 11 is 0. The van der Waals surface area contributed by atoms with Crippen LogP contribution in [0.15, 0.2) is 67.0 Å². The molecule has 0 aliphatic heterocycles. The number of fused-ring (bicyclic) bond motifs is 2. The van der Waals surface area contributed by atoms with E-state index in [2.05, 4.69) is 4.98 Å². The molecule has 2 aromatic carbocycles. The number of carbonyl (C=O) groups excluding carboxylic acids is 1. The Morgan fingerprint density at radius 3 is 2.57 bits per heavy atom. The van der Waals surface area contributed by atoms with Crippen LogP contribution in [0.2, 0.25) is 0 Å². The zero-order valence-corrected chi connectivity index (χ0v) is 12.6. The van der Waals surface area contributed by atoms with Gasteiger partial charge in [-0.15, -0.1) is 0 Å². The molecule has 0 amide bonds. The lowest BCUT2D eigenvalue weighted by atomic mass is 10.1. The summed E-state index contributed by atoms with van der Waals surface area (Å²) in [6.45, 7) is 0. The summed E-state index contributed by atoms with van der Waals surface area (Å²) in [6, 6.07) is 17.8. The Hall–Kier alpha value is -3.14. The summed E-state index contributed by atoms with van der Waals surface area (Å²) in [5.74, 6) is 0.453. The van der Waals surface area contributed by atoms with Gasteiger partial charge in [0.15, 0.2) is 0 Å². The molecule has 4 heteroatoms. The predicted molar refractivity (Wildman–Crippen MR) is 89.9 cm³/mol. The number of hydrogen-bond donors (Lipinski definition) is 0. The fourth-order valence-corrected chi connectivity index (χ4v) is 2.92. The molecule has 112 valence electrons. The second-order valence-corrected chi connectivity index (χ2v) is 5.28. The molecular formula is C19H14N2O2. The molecule has 2 aromatic heterocycles. The fourth-order valence-electron chi connectivity index (χ4n) is 2.92. The molecule has 2 heterocycles. The molecule has 0 fully saturated rings. The molecule has 0 saturated carbocycles. The average molecular weight is 302 g/mol. The minimum atomic E-state index is -0.347. The van der Waals surface area contributed by atoms with E-state index >= 15 is 0 Å². The standard InChI is InChI=1S/C19H14N2O2/c1-23-19(22)16-12-21(17-9-5-4-8-15(16)17)18-14-7-3-2-6-13(14)10-11-20-18/h2-12H,1H3. The van der Waals surface area contributed by atoms with Gasteiger partial charge in [-0.3, -0.25) is 4.57 Å². The van der Waals surface area contributed by atoms with Crippen LogP contribution in [0.4, 0.5) is 0 Å². The number of para-hydroxylation sites is 1. The molecule has 0 saturated heterocycles. The second-order valence-electron chi connectivity index (χ2n) is 5.28. The Bertz CT molecular complexity index is 1030. The predicted octanol–water partition coefficient (Wildman–Crippen LogP) is 3.97. The van der Waals surface area contributed by atoms with Gasteiger partial charge >= 0.3 is 5.97 Å². The van der Waals surface area contributed by atoms with Crippen molar-refractivity contribution < 1.29 is 9.53 Å². The molecule has 0 spiro atoms. The van der Waals surface area contributed by atoms with Crippen LogP contribution >= 0.6 is 0 Å². The summed E-state index contributed by atoms with van der Waals surface area (Å²) in [5.41, 5.74) is 1.47. The minimum absolute atomic E-state index is 0.347. The first-order valence-corrected chi connectivity index (χ1v) is 7.32. The zero-order valence-electron chi connectivity index (χ0n) is 12.6. The van der Waals surface area contributed by atoms with Crippen LogP contribution in [0.1, 0.15) is 10.4 Å². The Morgan fingerprint density at radius 1 is 1.00 bits per heavy atom. The van der Waals surface area contributed by atoms with Gasteiger partial charge in [0.1, 0.15) is 5.82 Å². The van der Waals surface area contributed by atoms with E-state index in [0.29, 0.717) is 5.56 Å². The van der Waals surface area contributed by atoms with Crippen LogP contribution in [0.3, 0.4) is 0 Å². The van der Waals surface area contributed by atoms with Gasteiger partial charge in [-0.25, -0.2) is 9.78 Å². The first-order chi connectivity index (χ1) is 11.3. The molecule has 4 nitrogen and oxygen atoms in total. The molecule has 0 atom stereocenters. The van der Waals surface area contributed by atoms with Crippen molar-refractivity contribution in [2.75, 3.05) is 7.11 Å². The molecule has 0 N–H and O–H groups in total. The highest BCUT2D eigenvalue weighted by Crippen LogP contribution is 2.28. The number of pyridine rings is 1. The molecule has 0 bridgehead atoms. The van der Waals surface area contributed by atoms with E-state index in [4.69, 9.17) is 4.74 Å². The number of rotatable bonds is 2. The Balaban J connectivity index is 2.07. The molecule has 0 aliphatic carbocycles. The molecule has 4 aromatic rings. The molecule has 23 heavy (non-hydrogen) atoms. The summed E-state index contributed by atoms with van der Waals surface area (Å²) in [6.07, 6.45) is 3.58. The third-order valence-corrected chi connectivity index (χ3v) is 4.00. The fraction of sp³-hybridized carbons (Fsp3) is 0.0526. The second kappa shape index (κ2) is 5.25. The summed E-state index contributed by atoms with van der Waals surface area (Å²) in [7, 11) is 1.39. The lowest BCUT2D eigenvalue weighted by Crippen LogP contribution is -2.00. The summed E-state index contributed by atoms with van der Waals surface area (Å²) < 4.78 is 6.86. The van der Waals surface area contributed by atoms with Gasteiger partial charge in [0, 0.05) is 23.2 Å². The number of ether oxygens (including phenoxy) is 1. The maximum atomic E-state index is 12.1. The third kappa shape index (κ3) is 2.07. The number of methoxy groups -OCH3 is 1. The third-order valence-electron chi connectivity index (χ3n) is 4.00. The maximum Gasteiger partial charge on any atom is 0.340 e. The van der Waals surface area contributed by atoms with Gasteiger partial charge in [0.05, 0.1) is 18.2 Å². The van der Waals surface area contributed by atoms with E-state index in [-0.39, 0.29) is 5.97 Å². The van der Waals surface area contributed by atoms with Crippen molar-refractivity contribution in [2.45, 2.75) is 0 Å². The van der Waals surface area contributed by atoms with Gasteiger partial charge in [-0.05, 0) is 17.5 Å². The van der Waals surface area contributed by atoms with E-state index in [9.17, 15) is 4.79 Å². The monoisotopic (exact) mass is 302 g/mol. The van der Waals surface area contributed by atoms with Crippen LogP contribution in [0, 0.1) is 0 Å². The topological polar surface area (TPSA) is 44.1 Å². The first kappa shape index (κ1) is 13.5. The highest BCUT2D eigenvalue weighted by Gasteiger charge is 2.17. The number of benzene rings is 2. The van der Waals surface area contributed by atoms with Crippen LogP contribution in [-0.4, -0.2) is 22.6 Å². The average Bonchev–Trinajstić information content (AvgIpc) is 3.00. The van der Waals surface area contributed by atoms with Gasteiger partial charge in [-0.1, -0.05) is 42.5 Å². The molecule has 4 rings (SSSR count). The number of aromatic nitrogens is 2. The quantitative estimate of drug-likeness (QED) is 0.526. The smallest absolute Gasteiger partial charge is 0.340 e. The highest BCUT2D eigenvalue weighted by molar-refractivity contribution is 6.05. The van der Waals surface area contributed by atoms with E-state index in [1.165, 1.54) is 7.11 Å². The summed E-state index contributed by atoms with van der Waals surface area (Å²) in [5, 5.41) is 3.00. The van der Waals surface area contributed by atoms with Crippen LogP contribution < -0.4 is 0 Å². The summed E-state index contributed by atoms with van der Waals surface area (Å²) in [4.78, 5) is 16.6. The largest absolute Gasteiger partial charge is 0.465 e. The van der Waals surface area contributed by atoms with Gasteiger partial charge in [0.25, 0.3) is 0 Å². The number of nitrogens with zero attached hydrogens (tertiary/aromatic N) is 2. The van der Waals surface area contributed by atoms with Crippen molar-refractivity contribution >= 4 is 27.6 Å². The van der Waals surface area contributed by atoms with E-state index < -0.39 is 0 Å². The zero-order chi connectivity index (χ0) is 15.8. The van der Waals surface area contributed by atoms with E-state index in [0.717, 1.165) is 27.5 Å². The van der Waals surface area contributed by atoms with Gasteiger partial charge in [0.2, 0.25) is 0 Å². The van der Waals surface area contributed by atoms with Crippen molar-refractivity contribution in [2.24, 2.45) is 0 Å². The normalized spacial score (nSPS) is 11.0. The Kier molecular flexibility index (Phi) is 3.08. The maximum absolute atomic E-state index is 12.1. The first-order valence-electron chi connectivity index (χ1n) is 7.32.